The Morgan fingerprint density at radius 1 is 1.08 bits per heavy atom. The second-order valence-corrected chi connectivity index (χ2v) is 6.27. The zero-order valence-corrected chi connectivity index (χ0v) is 15.5. The molecule has 4 nitrogen and oxygen atoms in total. The van der Waals surface area contributed by atoms with Crippen molar-refractivity contribution in [1.29, 1.82) is 0 Å². The highest BCUT2D eigenvalue weighted by molar-refractivity contribution is 5.73. The van der Waals surface area contributed by atoms with Gasteiger partial charge in [0.2, 0.25) is 0 Å². The van der Waals surface area contributed by atoms with Crippen LogP contribution in [0.15, 0.2) is 35.1 Å². The average molecular weight is 327 g/mol. The Labute approximate surface area is 145 Å². The fourth-order valence-corrected chi connectivity index (χ4v) is 3.05. The van der Waals surface area contributed by atoms with Crippen LogP contribution in [0.3, 0.4) is 0 Å². The van der Waals surface area contributed by atoms with Crippen molar-refractivity contribution >= 4 is 11.5 Å². The Bertz CT molecular complexity index is 743. The van der Waals surface area contributed by atoms with Crippen molar-refractivity contribution in [2.45, 2.75) is 33.6 Å². The molecule has 0 amide bonds. The Morgan fingerprint density at radius 3 is 2.33 bits per heavy atom. The van der Waals surface area contributed by atoms with E-state index < -0.39 is 0 Å². The first kappa shape index (κ1) is 18.1. The van der Waals surface area contributed by atoms with Gasteiger partial charge in [-0.3, -0.25) is 9.36 Å². The molecule has 0 saturated carbocycles. The van der Waals surface area contributed by atoms with Crippen LogP contribution in [0.2, 0.25) is 0 Å². The van der Waals surface area contributed by atoms with Gasteiger partial charge < -0.3 is 10.2 Å². The molecule has 0 bridgehead atoms. The van der Waals surface area contributed by atoms with Crippen LogP contribution < -0.4 is 15.8 Å². The van der Waals surface area contributed by atoms with Crippen molar-refractivity contribution in [3.05, 3.63) is 46.2 Å². The van der Waals surface area contributed by atoms with E-state index in [1.165, 1.54) is 5.56 Å². The van der Waals surface area contributed by atoms with E-state index in [-0.39, 0.29) is 5.56 Å². The number of hydrogen-bond acceptors (Lipinski definition) is 3. The molecule has 0 fully saturated rings. The molecule has 24 heavy (non-hydrogen) atoms. The van der Waals surface area contributed by atoms with Gasteiger partial charge in [0.15, 0.2) is 0 Å². The van der Waals surface area contributed by atoms with Crippen LogP contribution in [-0.4, -0.2) is 24.7 Å². The monoisotopic (exact) mass is 327 g/mol. The predicted octanol–water partition coefficient (Wildman–Crippen LogP) is 4.03. The molecule has 0 spiro atoms. The molecule has 130 valence electrons. The van der Waals surface area contributed by atoms with Crippen LogP contribution in [0.1, 0.15) is 32.3 Å². The minimum atomic E-state index is 0.0361. The molecular weight excluding hydrogens is 298 g/mol. The van der Waals surface area contributed by atoms with Gasteiger partial charge in [-0.1, -0.05) is 19.9 Å². The first-order valence-electron chi connectivity index (χ1n) is 8.76. The second-order valence-electron chi connectivity index (χ2n) is 6.27. The number of anilines is 2. The van der Waals surface area contributed by atoms with Gasteiger partial charge >= 0.3 is 0 Å². The second kappa shape index (κ2) is 8.04. The molecule has 0 aliphatic heterocycles. The van der Waals surface area contributed by atoms with Crippen LogP contribution in [0, 0.1) is 6.92 Å². The normalized spacial score (nSPS) is 10.7. The lowest BCUT2D eigenvalue weighted by Crippen LogP contribution is -2.31. The van der Waals surface area contributed by atoms with Gasteiger partial charge in [-0.2, -0.15) is 0 Å². The quantitative estimate of drug-likeness (QED) is 0.834. The lowest BCUT2D eigenvalue weighted by Gasteiger charge is -2.26. The zero-order valence-electron chi connectivity index (χ0n) is 15.5. The third kappa shape index (κ3) is 3.81. The van der Waals surface area contributed by atoms with Gasteiger partial charge in [-0.15, -0.1) is 0 Å². The number of hydrogen-bond donors (Lipinski definition) is 1. The number of nitrogens with zero attached hydrogens (tertiary/aromatic N) is 2. The molecule has 1 heterocycles. The van der Waals surface area contributed by atoms with Crippen molar-refractivity contribution in [2.24, 2.45) is 7.05 Å². The summed E-state index contributed by atoms with van der Waals surface area (Å²) in [4.78, 5) is 14.8. The van der Waals surface area contributed by atoms with Gasteiger partial charge in [0.25, 0.3) is 5.56 Å². The molecule has 1 N–H and O–H groups in total. The van der Waals surface area contributed by atoms with Crippen molar-refractivity contribution < 1.29 is 0 Å². The van der Waals surface area contributed by atoms with Crippen LogP contribution in [0.25, 0.3) is 11.1 Å². The van der Waals surface area contributed by atoms with Crippen molar-refractivity contribution in [3.8, 4) is 11.1 Å². The van der Waals surface area contributed by atoms with E-state index >= 15 is 0 Å². The Hall–Kier alpha value is -2.23. The molecule has 0 unspecified atom stereocenters. The molecule has 2 rings (SSSR count). The molecule has 2 aromatic rings. The summed E-state index contributed by atoms with van der Waals surface area (Å²) in [5, 5.41) is 3.17. The molecule has 4 heteroatoms. The van der Waals surface area contributed by atoms with Crippen LogP contribution in [0.5, 0.6) is 0 Å². The first-order valence-corrected chi connectivity index (χ1v) is 8.76. The minimum Gasteiger partial charge on any atom is -0.388 e. The van der Waals surface area contributed by atoms with E-state index in [1.807, 2.05) is 14.1 Å². The third-order valence-corrected chi connectivity index (χ3v) is 4.39. The minimum absolute atomic E-state index is 0.0361. The highest BCUT2D eigenvalue weighted by Gasteiger charge is 2.13. The van der Waals surface area contributed by atoms with Gasteiger partial charge in [0, 0.05) is 38.9 Å². The summed E-state index contributed by atoms with van der Waals surface area (Å²) in [5.41, 5.74) is 4.35. The maximum absolute atomic E-state index is 12.5. The topological polar surface area (TPSA) is 37.3 Å². The maximum atomic E-state index is 12.5. The largest absolute Gasteiger partial charge is 0.388 e. The number of aromatic nitrogens is 1. The molecule has 0 aliphatic rings. The summed E-state index contributed by atoms with van der Waals surface area (Å²) in [6, 6.07) is 10.1. The first-order chi connectivity index (χ1) is 11.5. The van der Waals surface area contributed by atoms with Crippen molar-refractivity contribution in [3.63, 3.8) is 0 Å². The maximum Gasteiger partial charge on any atom is 0.252 e. The number of pyridine rings is 1. The van der Waals surface area contributed by atoms with Crippen LogP contribution in [-0.2, 0) is 7.05 Å². The summed E-state index contributed by atoms with van der Waals surface area (Å²) >= 11 is 0. The van der Waals surface area contributed by atoms with Crippen molar-refractivity contribution in [1.82, 2.24) is 4.57 Å². The van der Waals surface area contributed by atoms with Gasteiger partial charge in [0.05, 0.1) is 0 Å². The smallest absolute Gasteiger partial charge is 0.252 e. The lowest BCUT2D eigenvalue weighted by molar-refractivity contribution is 0.700. The number of aryl methyl sites for hydroxylation is 1. The van der Waals surface area contributed by atoms with Gasteiger partial charge in [-0.05, 0) is 54.7 Å². The molecule has 1 aromatic carbocycles. The Morgan fingerprint density at radius 2 is 1.75 bits per heavy atom. The fraction of sp³-hybridized carbons (Fsp3) is 0.450. The van der Waals surface area contributed by atoms with E-state index in [0.717, 1.165) is 48.6 Å². The Balaban J connectivity index is 2.59. The molecule has 1 aromatic heterocycles. The van der Waals surface area contributed by atoms with E-state index in [9.17, 15) is 4.79 Å². The molecule has 0 radical (unpaired) electrons. The average Bonchev–Trinajstić information content (AvgIpc) is 2.57. The van der Waals surface area contributed by atoms with Gasteiger partial charge in [-0.25, -0.2) is 0 Å². The summed E-state index contributed by atoms with van der Waals surface area (Å²) in [6.45, 7) is 8.35. The molecule has 0 atom stereocenters. The summed E-state index contributed by atoms with van der Waals surface area (Å²) < 4.78 is 1.76. The Kier molecular flexibility index (Phi) is 6.07. The van der Waals surface area contributed by atoms with Crippen LogP contribution in [0.4, 0.5) is 11.5 Å². The standard InChI is InChI=1S/C20H29N3O/c1-6-10-23(11-7-2)19-12-16(13-20(24)22(19)5)18-14-17(21-4)9-8-15(18)3/h8-9,12-14,21H,6-7,10-11H2,1-5H3. The predicted molar refractivity (Wildman–Crippen MR) is 104 cm³/mol. The number of benzene rings is 1. The van der Waals surface area contributed by atoms with Crippen LogP contribution >= 0.6 is 0 Å². The summed E-state index contributed by atoms with van der Waals surface area (Å²) in [7, 11) is 3.77. The molecule has 0 aliphatic carbocycles. The van der Waals surface area contributed by atoms with Gasteiger partial charge in [0.1, 0.15) is 5.82 Å². The molecular formula is C20H29N3O. The third-order valence-electron chi connectivity index (χ3n) is 4.39. The highest BCUT2D eigenvalue weighted by atomic mass is 16.1. The molecule has 0 saturated heterocycles. The SMILES string of the molecule is CCCN(CCC)c1cc(-c2cc(NC)ccc2C)cc(=O)n1C. The highest BCUT2D eigenvalue weighted by Crippen LogP contribution is 2.28. The van der Waals surface area contributed by atoms with E-state index in [4.69, 9.17) is 0 Å². The fourth-order valence-electron chi connectivity index (χ4n) is 3.05. The van der Waals surface area contributed by atoms with E-state index in [1.54, 1.807) is 10.6 Å². The summed E-state index contributed by atoms with van der Waals surface area (Å²) in [5.74, 6) is 0.996. The number of rotatable bonds is 7. The van der Waals surface area contributed by atoms with E-state index in [0.29, 0.717) is 0 Å². The van der Waals surface area contributed by atoms with E-state index in [2.05, 4.69) is 55.3 Å². The number of nitrogens with one attached hydrogen (secondary N) is 1. The summed E-state index contributed by atoms with van der Waals surface area (Å²) in [6.07, 6.45) is 2.12. The zero-order chi connectivity index (χ0) is 17.7. The van der Waals surface area contributed by atoms with Crippen molar-refractivity contribution in [2.75, 3.05) is 30.4 Å². The lowest BCUT2D eigenvalue weighted by atomic mass is 10.0.